The lowest BCUT2D eigenvalue weighted by molar-refractivity contribution is 0.0898. The van der Waals surface area contributed by atoms with Gasteiger partial charge in [-0.3, -0.25) is 4.90 Å². The van der Waals surface area contributed by atoms with Gasteiger partial charge in [-0.15, -0.1) is 0 Å². The van der Waals surface area contributed by atoms with Gasteiger partial charge in [0.2, 0.25) is 0 Å². The first-order chi connectivity index (χ1) is 5.79. The molecular weight excluding hydrogens is 155 g/mol. The van der Waals surface area contributed by atoms with Gasteiger partial charge in [0.15, 0.2) is 0 Å². The van der Waals surface area contributed by atoms with E-state index in [9.17, 15) is 4.39 Å². The molecule has 1 aliphatic rings. The van der Waals surface area contributed by atoms with Crippen LogP contribution in [0.5, 0.6) is 0 Å². The molecule has 1 heterocycles. The van der Waals surface area contributed by atoms with Crippen LogP contribution in [0.2, 0.25) is 0 Å². The molecule has 1 aliphatic heterocycles. The maximum atomic E-state index is 12.2. The second-order valence-electron chi connectivity index (χ2n) is 3.60. The van der Waals surface area contributed by atoms with Crippen molar-refractivity contribution in [1.29, 1.82) is 0 Å². The number of hydrogen-bond donors (Lipinski definition) is 1. The van der Waals surface area contributed by atoms with Crippen LogP contribution in [0, 0.1) is 0 Å². The van der Waals surface area contributed by atoms with E-state index in [0.29, 0.717) is 25.2 Å². The topological polar surface area (TPSA) is 29.3 Å². The summed E-state index contributed by atoms with van der Waals surface area (Å²) >= 11 is 0. The first-order valence-corrected chi connectivity index (χ1v) is 4.81. The molecule has 1 saturated heterocycles. The Morgan fingerprint density at radius 2 is 2.25 bits per heavy atom. The number of likely N-dealkylation sites (tertiary alicyclic amines) is 1. The zero-order valence-electron chi connectivity index (χ0n) is 7.80. The number of halogens is 1. The number of nitrogens with two attached hydrogens (primary N) is 1. The molecule has 72 valence electrons. The monoisotopic (exact) mass is 174 g/mol. The lowest BCUT2D eigenvalue weighted by Crippen LogP contribution is -2.49. The van der Waals surface area contributed by atoms with Gasteiger partial charge in [-0.25, -0.2) is 4.39 Å². The molecule has 0 saturated carbocycles. The number of nitrogens with zero attached hydrogens (tertiary/aromatic N) is 1. The number of rotatable bonds is 3. The Labute approximate surface area is 73.9 Å². The fourth-order valence-electron chi connectivity index (χ4n) is 2.09. The molecule has 2 N–H and O–H groups in total. The van der Waals surface area contributed by atoms with Crippen molar-refractivity contribution >= 4 is 0 Å². The van der Waals surface area contributed by atoms with E-state index in [-0.39, 0.29) is 6.67 Å². The fourth-order valence-corrected chi connectivity index (χ4v) is 2.09. The van der Waals surface area contributed by atoms with Crippen LogP contribution in [0.3, 0.4) is 0 Å². The predicted molar refractivity (Wildman–Crippen MR) is 48.8 cm³/mol. The number of alkyl halides is 1. The highest BCUT2D eigenvalue weighted by Gasteiger charge is 2.25. The van der Waals surface area contributed by atoms with Gasteiger partial charge in [0.1, 0.15) is 6.67 Å². The third-order valence-electron chi connectivity index (χ3n) is 2.81. The van der Waals surface area contributed by atoms with Gasteiger partial charge in [0.05, 0.1) is 0 Å². The lowest BCUT2D eigenvalue weighted by Gasteiger charge is -2.39. The van der Waals surface area contributed by atoms with Crippen molar-refractivity contribution in [3.05, 3.63) is 0 Å². The van der Waals surface area contributed by atoms with Crippen molar-refractivity contribution in [3.8, 4) is 0 Å². The average molecular weight is 174 g/mol. The Morgan fingerprint density at radius 3 is 2.83 bits per heavy atom. The van der Waals surface area contributed by atoms with Crippen molar-refractivity contribution in [2.24, 2.45) is 5.73 Å². The Morgan fingerprint density at radius 1 is 1.50 bits per heavy atom. The summed E-state index contributed by atoms with van der Waals surface area (Å²) in [6.07, 6.45) is 3.57. The van der Waals surface area contributed by atoms with Crippen LogP contribution in [0.15, 0.2) is 0 Å². The van der Waals surface area contributed by atoms with Gasteiger partial charge >= 0.3 is 0 Å². The number of piperidine rings is 1. The third kappa shape index (κ3) is 2.17. The first kappa shape index (κ1) is 9.93. The summed E-state index contributed by atoms with van der Waals surface area (Å²) in [4.78, 5) is 2.21. The van der Waals surface area contributed by atoms with Gasteiger partial charge in [-0.05, 0) is 19.8 Å². The third-order valence-corrected chi connectivity index (χ3v) is 2.81. The van der Waals surface area contributed by atoms with Crippen LogP contribution < -0.4 is 5.73 Å². The van der Waals surface area contributed by atoms with Crippen molar-refractivity contribution < 1.29 is 4.39 Å². The van der Waals surface area contributed by atoms with Crippen LogP contribution in [0.1, 0.15) is 26.2 Å². The van der Waals surface area contributed by atoms with E-state index in [4.69, 9.17) is 5.73 Å². The Hall–Kier alpha value is -0.150. The summed E-state index contributed by atoms with van der Waals surface area (Å²) in [7, 11) is 0. The zero-order valence-corrected chi connectivity index (χ0v) is 7.80. The molecule has 0 aliphatic carbocycles. The van der Waals surface area contributed by atoms with Crippen molar-refractivity contribution in [1.82, 2.24) is 4.90 Å². The Balaban J connectivity index is 2.47. The van der Waals surface area contributed by atoms with E-state index in [2.05, 4.69) is 11.8 Å². The minimum atomic E-state index is -0.249. The van der Waals surface area contributed by atoms with Crippen LogP contribution in [-0.2, 0) is 0 Å². The molecule has 1 fully saturated rings. The molecule has 12 heavy (non-hydrogen) atoms. The summed E-state index contributed by atoms with van der Waals surface area (Å²) in [5, 5.41) is 0. The smallest absolute Gasteiger partial charge is 0.102 e. The average Bonchev–Trinajstić information content (AvgIpc) is 2.09. The van der Waals surface area contributed by atoms with Gasteiger partial charge < -0.3 is 5.73 Å². The van der Waals surface area contributed by atoms with Crippen LogP contribution in [0.25, 0.3) is 0 Å². The van der Waals surface area contributed by atoms with Gasteiger partial charge in [-0.1, -0.05) is 6.42 Å². The van der Waals surface area contributed by atoms with E-state index in [1.165, 1.54) is 12.8 Å². The maximum Gasteiger partial charge on any atom is 0.102 e. The molecule has 3 heteroatoms. The lowest BCUT2D eigenvalue weighted by atomic mass is 9.96. The van der Waals surface area contributed by atoms with Gasteiger partial charge in [-0.2, -0.15) is 0 Å². The van der Waals surface area contributed by atoms with E-state index in [1.54, 1.807) is 0 Å². The Kier molecular flexibility index (Phi) is 3.95. The predicted octanol–water partition coefficient (Wildman–Crippen LogP) is 1.16. The van der Waals surface area contributed by atoms with E-state index in [1.807, 2.05) is 0 Å². The van der Waals surface area contributed by atoms with Crippen LogP contribution in [-0.4, -0.2) is 36.7 Å². The van der Waals surface area contributed by atoms with Crippen molar-refractivity contribution in [2.45, 2.75) is 38.3 Å². The fraction of sp³-hybridized carbons (Fsp3) is 1.00. The summed E-state index contributed by atoms with van der Waals surface area (Å²) in [5.74, 6) is 0. The van der Waals surface area contributed by atoms with Crippen molar-refractivity contribution in [3.63, 3.8) is 0 Å². The molecule has 0 aromatic carbocycles. The quantitative estimate of drug-likeness (QED) is 0.695. The SMILES string of the molecule is CC1CCCC(CN)N1CCF. The summed E-state index contributed by atoms with van der Waals surface area (Å²) < 4.78 is 12.2. The second-order valence-corrected chi connectivity index (χ2v) is 3.60. The van der Waals surface area contributed by atoms with Gasteiger partial charge in [0.25, 0.3) is 0 Å². The summed E-state index contributed by atoms with van der Waals surface area (Å²) in [6.45, 7) is 3.14. The molecule has 0 bridgehead atoms. The first-order valence-electron chi connectivity index (χ1n) is 4.81. The second kappa shape index (κ2) is 4.77. The van der Waals surface area contributed by atoms with Crippen molar-refractivity contribution in [2.75, 3.05) is 19.8 Å². The summed E-state index contributed by atoms with van der Waals surface area (Å²) in [6, 6.07) is 0.938. The minimum Gasteiger partial charge on any atom is -0.329 e. The molecule has 2 atom stereocenters. The normalized spacial score (nSPS) is 32.2. The molecule has 0 aromatic heterocycles. The zero-order chi connectivity index (χ0) is 8.97. The molecule has 1 rings (SSSR count). The summed E-state index contributed by atoms with van der Waals surface area (Å²) in [5.41, 5.74) is 5.62. The highest BCUT2D eigenvalue weighted by Crippen LogP contribution is 2.21. The van der Waals surface area contributed by atoms with E-state index < -0.39 is 0 Å². The molecule has 2 unspecified atom stereocenters. The number of hydrogen-bond acceptors (Lipinski definition) is 2. The molecule has 0 spiro atoms. The van der Waals surface area contributed by atoms with E-state index in [0.717, 1.165) is 6.42 Å². The van der Waals surface area contributed by atoms with E-state index >= 15 is 0 Å². The molecule has 0 amide bonds. The molecule has 2 nitrogen and oxygen atoms in total. The molecular formula is C9H19FN2. The highest BCUT2D eigenvalue weighted by molar-refractivity contribution is 4.82. The van der Waals surface area contributed by atoms with Gasteiger partial charge in [0, 0.05) is 25.2 Å². The van der Waals surface area contributed by atoms with Crippen LogP contribution in [0.4, 0.5) is 4.39 Å². The van der Waals surface area contributed by atoms with Crippen LogP contribution >= 0.6 is 0 Å². The molecule has 0 radical (unpaired) electrons. The largest absolute Gasteiger partial charge is 0.329 e. The minimum absolute atomic E-state index is 0.249. The molecule has 0 aromatic rings. The highest BCUT2D eigenvalue weighted by atomic mass is 19.1. The standard InChI is InChI=1S/C9H19FN2/c1-8-3-2-4-9(7-11)12(8)6-5-10/h8-9H,2-7,11H2,1H3. The maximum absolute atomic E-state index is 12.2. The Bertz CT molecular complexity index is 130.